The molecule has 72 valence electrons. The number of hydrogen-bond donors (Lipinski definition) is 0. The molecule has 14 heavy (non-hydrogen) atoms. The van der Waals surface area contributed by atoms with Crippen LogP contribution in [0.25, 0.3) is 0 Å². The zero-order chi connectivity index (χ0) is 10.3. The van der Waals surface area contributed by atoms with Crippen LogP contribution in [0.5, 0.6) is 0 Å². The summed E-state index contributed by atoms with van der Waals surface area (Å²) < 4.78 is 26.7. The van der Waals surface area contributed by atoms with Crippen LogP contribution in [-0.4, -0.2) is 0 Å². The topological polar surface area (TPSA) is 23.8 Å². The number of nitrogens with zero attached hydrogens (tertiary/aromatic N) is 1. The molecular weight excluding hydrogens is 184 g/mol. The number of hydrogen-bond acceptors (Lipinski definition) is 1. The van der Waals surface area contributed by atoms with Crippen molar-refractivity contribution in [2.75, 3.05) is 0 Å². The molecule has 0 aliphatic heterocycles. The molecule has 1 saturated carbocycles. The summed E-state index contributed by atoms with van der Waals surface area (Å²) in [5, 5.41) is 8.54. The summed E-state index contributed by atoms with van der Waals surface area (Å²) in [6.45, 7) is 1.60. The molecule has 0 amide bonds. The zero-order valence-electron chi connectivity index (χ0n) is 7.77. The average molecular weight is 193 g/mol. The Hall–Kier alpha value is -1.43. The van der Waals surface area contributed by atoms with Crippen molar-refractivity contribution in [3.05, 3.63) is 34.4 Å². The van der Waals surface area contributed by atoms with E-state index >= 15 is 0 Å². The first-order chi connectivity index (χ1) is 6.65. The highest BCUT2D eigenvalue weighted by atomic mass is 19.1. The Bertz CT molecular complexity index is 428. The Balaban J connectivity index is 2.62. The third kappa shape index (κ3) is 1.27. The molecule has 0 saturated heterocycles. The summed E-state index contributed by atoms with van der Waals surface area (Å²) in [5.41, 5.74) is 0.677. The van der Waals surface area contributed by atoms with Gasteiger partial charge in [-0.2, -0.15) is 5.26 Å². The second-order valence-corrected chi connectivity index (χ2v) is 3.65. The van der Waals surface area contributed by atoms with Gasteiger partial charge in [0.15, 0.2) is 0 Å². The van der Waals surface area contributed by atoms with Crippen molar-refractivity contribution >= 4 is 0 Å². The van der Waals surface area contributed by atoms with E-state index in [9.17, 15) is 8.78 Å². The summed E-state index contributed by atoms with van der Waals surface area (Å²) in [6, 6.07) is 2.84. The molecule has 1 aromatic rings. The summed E-state index contributed by atoms with van der Waals surface area (Å²) in [4.78, 5) is 0. The van der Waals surface area contributed by atoms with E-state index in [2.05, 4.69) is 0 Å². The second-order valence-electron chi connectivity index (χ2n) is 3.65. The number of benzene rings is 1. The van der Waals surface area contributed by atoms with E-state index in [-0.39, 0.29) is 0 Å². The van der Waals surface area contributed by atoms with Crippen molar-refractivity contribution in [1.29, 1.82) is 5.26 Å². The molecule has 2 rings (SSSR count). The second kappa shape index (κ2) is 3.06. The largest absolute Gasteiger partial charge is 0.205 e. The minimum absolute atomic E-state index is 0.298. The van der Waals surface area contributed by atoms with Crippen LogP contribution in [-0.2, 0) is 0 Å². The van der Waals surface area contributed by atoms with E-state index in [4.69, 9.17) is 5.26 Å². The molecule has 0 radical (unpaired) electrons. The van der Waals surface area contributed by atoms with Crippen LogP contribution in [0.2, 0.25) is 0 Å². The fraction of sp³-hybridized carbons (Fsp3) is 0.364. The van der Waals surface area contributed by atoms with Gasteiger partial charge in [0.2, 0.25) is 0 Å². The van der Waals surface area contributed by atoms with Crippen molar-refractivity contribution in [2.45, 2.75) is 25.7 Å². The third-order valence-corrected chi connectivity index (χ3v) is 2.63. The van der Waals surface area contributed by atoms with E-state index in [1.807, 2.05) is 0 Å². The maximum Gasteiger partial charge on any atom is 0.147 e. The van der Waals surface area contributed by atoms with Gasteiger partial charge in [0.25, 0.3) is 0 Å². The van der Waals surface area contributed by atoms with Gasteiger partial charge in [0.05, 0.1) is 0 Å². The van der Waals surface area contributed by atoms with Crippen molar-refractivity contribution in [3.63, 3.8) is 0 Å². The van der Waals surface area contributed by atoms with Crippen LogP contribution in [0.1, 0.15) is 35.4 Å². The molecule has 0 spiro atoms. The Morgan fingerprint density at radius 3 is 2.57 bits per heavy atom. The quantitative estimate of drug-likeness (QED) is 0.672. The van der Waals surface area contributed by atoms with Crippen molar-refractivity contribution < 1.29 is 8.78 Å². The van der Waals surface area contributed by atoms with Gasteiger partial charge in [0.1, 0.15) is 23.3 Å². The molecule has 0 aromatic heterocycles. The standard InChI is InChI=1S/C11H9F2N/c1-6-8(7-2-3-7)4-10(12)9(5-14)11(6)13/h4,7H,2-3H2,1H3. The molecule has 0 heterocycles. The Morgan fingerprint density at radius 1 is 1.43 bits per heavy atom. The van der Waals surface area contributed by atoms with Gasteiger partial charge in [-0.15, -0.1) is 0 Å². The highest BCUT2D eigenvalue weighted by Crippen LogP contribution is 2.42. The molecule has 1 aliphatic rings. The number of rotatable bonds is 1. The van der Waals surface area contributed by atoms with Crippen LogP contribution in [0.15, 0.2) is 6.07 Å². The Morgan fingerprint density at radius 2 is 2.07 bits per heavy atom. The molecule has 1 aliphatic carbocycles. The van der Waals surface area contributed by atoms with Gasteiger partial charge >= 0.3 is 0 Å². The molecule has 0 unspecified atom stereocenters. The third-order valence-electron chi connectivity index (χ3n) is 2.63. The SMILES string of the molecule is Cc1c(C2CC2)cc(F)c(C#N)c1F. The van der Waals surface area contributed by atoms with Crippen molar-refractivity contribution in [1.82, 2.24) is 0 Å². The lowest BCUT2D eigenvalue weighted by Gasteiger charge is -2.07. The van der Waals surface area contributed by atoms with Crippen LogP contribution >= 0.6 is 0 Å². The normalized spacial score (nSPS) is 15.3. The molecule has 1 fully saturated rings. The predicted molar refractivity (Wildman–Crippen MR) is 47.8 cm³/mol. The first-order valence-corrected chi connectivity index (χ1v) is 4.53. The minimum atomic E-state index is -0.738. The van der Waals surface area contributed by atoms with E-state index in [1.165, 1.54) is 6.07 Å². The molecule has 0 bridgehead atoms. The molecule has 0 atom stereocenters. The smallest absolute Gasteiger partial charge is 0.147 e. The van der Waals surface area contributed by atoms with Gasteiger partial charge in [-0.05, 0) is 42.9 Å². The fourth-order valence-corrected chi connectivity index (χ4v) is 1.66. The maximum absolute atomic E-state index is 13.4. The van der Waals surface area contributed by atoms with E-state index < -0.39 is 17.2 Å². The van der Waals surface area contributed by atoms with Crippen LogP contribution in [0.4, 0.5) is 8.78 Å². The minimum Gasteiger partial charge on any atom is -0.205 e. The highest BCUT2D eigenvalue weighted by Gasteiger charge is 2.28. The molecule has 3 heteroatoms. The lowest BCUT2D eigenvalue weighted by molar-refractivity contribution is 0.567. The van der Waals surface area contributed by atoms with Crippen LogP contribution in [0, 0.1) is 29.9 Å². The fourth-order valence-electron chi connectivity index (χ4n) is 1.66. The summed E-state index contributed by atoms with van der Waals surface area (Å²) in [6.07, 6.45) is 1.98. The number of halogens is 2. The van der Waals surface area contributed by atoms with Gasteiger partial charge in [-0.3, -0.25) is 0 Å². The molecule has 0 N–H and O–H groups in total. The van der Waals surface area contributed by atoms with E-state index in [0.29, 0.717) is 11.5 Å². The number of nitriles is 1. The van der Waals surface area contributed by atoms with Crippen LogP contribution < -0.4 is 0 Å². The molecule has 1 aromatic carbocycles. The van der Waals surface area contributed by atoms with Gasteiger partial charge in [-0.25, -0.2) is 8.78 Å². The monoisotopic (exact) mass is 193 g/mol. The first kappa shape index (κ1) is 9.14. The van der Waals surface area contributed by atoms with Gasteiger partial charge in [0, 0.05) is 0 Å². The van der Waals surface area contributed by atoms with Crippen molar-refractivity contribution in [2.24, 2.45) is 0 Å². The van der Waals surface area contributed by atoms with E-state index in [1.54, 1.807) is 13.0 Å². The first-order valence-electron chi connectivity index (χ1n) is 4.53. The zero-order valence-corrected chi connectivity index (χ0v) is 7.77. The summed E-state index contributed by atoms with van der Waals surface area (Å²) >= 11 is 0. The lowest BCUT2D eigenvalue weighted by Crippen LogP contribution is -1.98. The molecule has 1 nitrogen and oxygen atoms in total. The van der Waals surface area contributed by atoms with Crippen molar-refractivity contribution in [3.8, 4) is 6.07 Å². The van der Waals surface area contributed by atoms with E-state index in [0.717, 1.165) is 18.4 Å². The van der Waals surface area contributed by atoms with Gasteiger partial charge < -0.3 is 0 Å². The Labute approximate surface area is 81.0 Å². The lowest BCUT2D eigenvalue weighted by atomic mass is 10.0. The maximum atomic E-state index is 13.4. The van der Waals surface area contributed by atoms with Crippen LogP contribution in [0.3, 0.4) is 0 Å². The predicted octanol–water partition coefficient (Wildman–Crippen LogP) is 3.02. The summed E-state index contributed by atoms with van der Waals surface area (Å²) in [7, 11) is 0. The molecular formula is C11H9F2N. The highest BCUT2D eigenvalue weighted by molar-refractivity contribution is 5.43. The Kier molecular flexibility index (Phi) is 1.99. The van der Waals surface area contributed by atoms with Gasteiger partial charge in [-0.1, -0.05) is 0 Å². The average Bonchev–Trinajstić information content (AvgIpc) is 2.95. The summed E-state index contributed by atoms with van der Waals surface area (Å²) in [5.74, 6) is -1.14.